The van der Waals surface area contributed by atoms with Gasteiger partial charge in [0.2, 0.25) is 0 Å². The number of hydrogen-bond donors (Lipinski definition) is 1. The molecule has 1 aromatic rings. The van der Waals surface area contributed by atoms with Crippen LogP contribution in [0.2, 0.25) is 0 Å². The van der Waals surface area contributed by atoms with Crippen molar-refractivity contribution in [3.05, 3.63) is 23.7 Å². The second kappa shape index (κ2) is 5.88. The van der Waals surface area contributed by atoms with Crippen molar-refractivity contribution >= 4 is 0 Å². The van der Waals surface area contributed by atoms with E-state index in [-0.39, 0.29) is 0 Å². The summed E-state index contributed by atoms with van der Waals surface area (Å²) in [6, 6.07) is 4.05. The van der Waals surface area contributed by atoms with Crippen molar-refractivity contribution in [3.8, 4) is 0 Å². The highest BCUT2D eigenvalue weighted by Gasteiger charge is 2.35. The van der Waals surface area contributed by atoms with Crippen LogP contribution in [0.15, 0.2) is 16.5 Å². The van der Waals surface area contributed by atoms with Gasteiger partial charge in [-0.25, -0.2) is 0 Å². The number of nitrogens with zero attached hydrogens (tertiary/aromatic N) is 2. The van der Waals surface area contributed by atoms with Crippen molar-refractivity contribution in [1.29, 1.82) is 0 Å². The predicted molar refractivity (Wildman–Crippen MR) is 78.6 cm³/mol. The number of likely N-dealkylation sites (tertiary alicyclic amines) is 2. The van der Waals surface area contributed by atoms with E-state index in [1.54, 1.807) is 0 Å². The molecule has 0 saturated carbocycles. The van der Waals surface area contributed by atoms with Crippen LogP contribution in [0.1, 0.15) is 37.2 Å². The highest BCUT2D eigenvalue weighted by atomic mass is 16.3. The molecule has 4 heteroatoms. The van der Waals surface area contributed by atoms with Gasteiger partial charge in [-0.1, -0.05) is 0 Å². The van der Waals surface area contributed by atoms with Gasteiger partial charge in [0.25, 0.3) is 0 Å². The van der Waals surface area contributed by atoms with Crippen LogP contribution >= 0.6 is 0 Å². The zero-order valence-corrected chi connectivity index (χ0v) is 12.5. The van der Waals surface area contributed by atoms with Crippen molar-refractivity contribution in [3.63, 3.8) is 0 Å². The fraction of sp³-hybridized carbons (Fsp3) is 0.750. The molecule has 112 valence electrons. The van der Waals surface area contributed by atoms with Crippen LogP contribution in [-0.2, 0) is 6.54 Å². The average Bonchev–Trinajstić information content (AvgIpc) is 3.01. The molecule has 1 N–H and O–H groups in total. The van der Waals surface area contributed by atoms with Crippen molar-refractivity contribution in [1.82, 2.24) is 9.80 Å². The molecule has 3 heterocycles. The molecule has 2 saturated heterocycles. The maximum absolute atomic E-state index is 10.9. The SMILES string of the molecule is Cc1ccc(CN2CCC[C@@](O)(CN3CCCC3)C2)o1. The van der Waals surface area contributed by atoms with Gasteiger partial charge in [-0.15, -0.1) is 0 Å². The van der Waals surface area contributed by atoms with Crippen LogP contribution in [0.4, 0.5) is 0 Å². The number of β-amino-alcohol motifs (C(OH)–C–C–N with tert-alkyl or cyclic N) is 1. The molecule has 0 aromatic carbocycles. The fourth-order valence-electron chi connectivity index (χ4n) is 3.62. The van der Waals surface area contributed by atoms with Crippen LogP contribution in [-0.4, -0.2) is 53.2 Å². The van der Waals surface area contributed by atoms with Gasteiger partial charge in [-0.05, 0) is 64.4 Å². The van der Waals surface area contributed by atoms with Crippen LogP contribution in [0.3, 0.4) is 0 Å². The summed E-state index contributed by atoms with van der Waals surface area (Å²) in [5.41, 5.74) is -0.537. The highest BCUT2D eigenvalue weighted by molar-refractivity contribution is 5.06. The minimum Gasteiger partial charge on any atom is -0.465 e. The van der Waals surface area contributed by atoms with Gasteiger partial charge in [0.1, 0.15) is 11.5 Å². The van der Waals surface area contributed by atoms with Crippen molar-refractivity contribution in [2.45, 2.75) is 44.8 Å². The van der Waals surface area contributed by atoms with Crippen molar-refractivity contribution < 1.29 is 9.52 Å². The highest BCUT2D eigenvalue weighted by Crippen LogP contribution is 2.25. The van der Waals surface area contributed by atoms with Crippen molar-refractivity contribution in [2.75, 3.05) is 32.7 Å². The normalized spacial score (nSPS) is 29.1. The van der Waals surface area contributed by atoms with Gasteiger partial charge < -0.3 is 14.4 Å². The van der Waals surface area contributed by atoms with Crippen LogP contribution in [0, 0.1) is 6.92 Å². The topological polar surface area (TPSA) is 39.9 Å². The summed E-state index contributed by atoms with van der Waals surface area (Å²) in [6.45, 7) is 7.75. The lowest BCUT2D eigenvalue weighted by Crippen LogP contribution is -2.53. The largest absolute Gasteiger partial charge is 0.465 e. The number of aliphatic hydroxyl groups is 1. The molecule has 2 fully saturated rings. The first-order chi connectivity index (χ1) is 9.63. The molecule has 0 spiro atoms. The Bertz CT molecular complexity index is 439. The van der Waals surface area contributed by atoms with Gasteiger partial charge in [-0.3, -0.25) is 4.90 Å². The quantitative estimate of drug-likeness (QED) is 0.914. The van der Waals surface area contributed by atoms with Gasteiger partial charge in [0.05, 0.1) is 12.1 Å². The summed E-state index contributed by atoms with van der Waals surface area (Å²) in [5, 5.41) is 10.9. The molecular formula is C16H26N2O2. The summed E-state index contributed by atoms with van der Waals surface area (Å²) in [5.74, 6) is 1.97. The molecule has 3 rings (SSSR count). The summed E-state index contributed by atoms with van der Waals surface area (Å²) in [7, 11) is 0. The summed E-state index contributed by atoms with van der Waals surface area (Å²) < 4.78 is 5.65. The van der Waals surface area contributed by atoms with Crippen molar-refractivity contribution in [2.24, 2.45) is 0 Å². The standard InChI is InChI=1S/C16H26N2O2/c1-14-5-6-15(20-14)11-18-10-4-7-16(19,13-18)12-17-8-2-3-9-17/h5-6,19H,2-4,7-13H2,1H3/t16-/m1/s1. The van der Waals surface area contributed by atoms with E-state index in [2.05, 4.69) is 9.80 Å². The summed E-state index contributed by atoms with van der Waals surface area (Å²) in [4.78, 5) is 4.75. The third-order valence-electron chi connectivity index (χ3n) is 4.53. The summed E-state index contributed by atoms with van der Waals surface area (Å²) in [6.07, 6.45) is 4.57. The Kier molecular flexibility index (Phi) is 4.15. The molecule has 0 unspecified atom stereocenters. The van der Waals surface area contributed by atoms with E-state index in [0.29, 0.717) is 0 Å². The molecule has 20 heavy (non-hydrogen) atoms. The molecule has 1 atom stereocenters. The van der Waals surface area contributed by atoms with Gasteiger partial charge in [0.15, 0.2) is 0 Å². The minimum absolute atomic E-state index is 0.537. The number of aryl methyl sites for hydroxylation is 1. The molecule has 0 aliphatic carbocycles. The first-order valence-corrected chi connectivity index (χ1v) is 7.85. The molecule has 2 aliphatic heterocycles. The van der Waals surface area contributed by atoms with Crippen LogP contribution in [0.25, 0.3) is 0 Å². The first-order valence-electron chi connectivity index (χ1n) is 7.85. The number of piperidine rings is 1. The van der Waals surface area contributed by atoms with E-state index in [1.165, 1.54) is 12.8 Å². The Morgan fingerprint density at radius 3 is 2.60 bits per heavy atom. The van der Waals surface area contributed by atoms with Gasteiger partial charge in [0, 0.05) is 13.1 Å². The Morgan fingerprint density at radius 1 is 1.15 bits per heavy atom. The zero-order chi connectivity index (χ0) is 14.0. The molecule has 0 amide bonds. The lowest BCUT2D eigenvalue weighted by molar-refractivity contribution is -0.0531. The lowest BCUT2D eigenvalue weighted by atomic mass is 9.92. The Hall–Kier alpha value is -0.840. The fourth-order valence-corrected chi connectivity index (χ4v) is 3.62. The second-order valence-electron chi connectivity index (χ2n) is 6.53. The third kappa shape index (κ3) is 3.43. The minimum atomic E-state index is -0.537. The Balaban J connectivity index is 1.57. The molecule has 1 aromatic heterocycles. The lowest BCUT2D eigenvalue weighted by Gasteiger charge is -2.41. The number of rotatable bonds is 4. The van der Waals surface area contributed by atoms with Gasteiger partial charge in [-0.2, -0.15) is 0 Å². The maximum atomic E-state index is 10.9. The predicted octanol–water partition coefficient (Wildman–Crippen LogP) is 2.01. The smallest absolute Gasteiger partial charge is 0.118 e. The van der Waals surface area contributed by atoms with Gasteiger partial charge >= 0.3 is 0 Å². The number of furan rings is 1. The molecule has 0 bridgehead atoms. The second-order valence-corrected chi connectivity index (χ2v) is 6.53. The van der Waals surface area contributed by atoms with E-state index in [0.717, 1.165) is 63.6 Å². The monoisotopic (exact) mass is 278 g/mol. The molecule has 0 radical (unpaired) electrons. The van der Waals surface area contributed by atoms with Crippen LogP contribution < -0.4 is 0 Å². The van der Waals surface area contributed by atoms with E-state index in [4.69, 9.17) is 4.42 Å². The average molecular weight is 278 g/mol. The summed E-state index contributed by atoms with van der Waals surface area (Å²) >= 11 is 0. The van der Waals surface area contributed by atoms with E-state index in [9.17, 15) is 5.11 Å². The van der Waals surface area contributed by atoms with Crippen LogP contribution in [0.5, 0.6) is 0 Å². The Morgan fingerprint density at radius 2 is 1.90 bits per heavy atom. The maximum Gasteiger partial charge on any atom is 0.118 e. The third-order valence-corrected chi connectivity index (χ3v) is 4.53. The molecular weight excluding hydrogens is 252 g/mol. The van der Waals surface area contributed by atoms with E-state index < -0.39 is 5.60 Å². The molecule has 2 aliphatic rings. The first kappa shape index (κ1) is 14.1. The molecule has 4 nitrogen and oxygen atoms in total. The number of hydrogen-bond acceptors (Lipinski definition) is 4. The Labute approximate surface area is 121 Å². The zero-order valence-electron chi connectivity index (χ0n) is 12.5. The van der Waals surface area contributed by atoms with E-state index in [1.807, 2.05) is 19.1 Å². The van der Waals surface area contributed by atoms with E-state index >= 15 is 0 Å².